The number of aromatic nitrogens is 5. The van der Waals surface area contributed by atoms with E-state index in [2.05, 4.69) is 20.3 Å². The number of nitrogens with zero attached hydrogens (tertiary/aromatic N) is 4. The van der Waals surface area contributed by atoms with Crippen LogP contribution in [0.1, 0.15) is 11.4 Å². The molecule has 0 saturated carbocycles. The molecule has 3 N–H and O–H groups in total. The molecule has 1 aromatic carbocycles. The lowest BCUT2D eigenvalue weighted by Crippen LogP contribution is -2.13. The lowest BCUT2D eigenvalue weighted by molar-refractivity contribution is 0.899. The fourth-order valence-electron chi connectivity index (χ4n) is 2.70. The Kier molecular flexibility index (Phi) is 2.95. The fourth-order valence-corrected chi connectivity index (χ4v) is 2.70. The van der Waals surface area contributed by atoms with Gasteiger partial charge in [0.2, 0.25) is 0 Å². The van der Waals surface area contributed by atoms with Gasteiger partial charge in [0.05, 0.1) is 28.7 Å². The van der Waals surface area contributed by atoms with E-state index in [1.807, 2.05) is 31.2 Å². The first-order valence-electron chi connectivity index (χ1n) is 7.20. The lowest BCUT2D eigenvalue weighted by atomic mass is 10.1. The Bertz CT molecular complexity index is 1090. The zero-order valence-electron chi connectivity index (χ0n) is 12.4. The summed E-state index contributed by atoms with van der Waals surface area (Å²) in [6.07, 6.45) is 1.77. The van der Waals surface area contributed by atoms with Crippen LogP contribution >= 0.6 is 0 Å². The molecule has 0 aliphatic carbocycles. The van der Waals surface area contributed by atoms with Crippen LogP contribution in [0, 0.1) is 6.92 Å². The van der Waals surface area contributed by atoms with Crippen molar-refractivity contribution < 1.29 is 0 Å². The molecule has 7 nitrogen and oxygen atoms in total. The van der Waals surface area contributed by atoms with Crippen molar-refractivity contribution in [2.24, 2.45) is 5.73 Å². The molecule has 0 amide bonds. The standard InChI is InChI=1S/C16H14N6O/c1-9-2-5-15-18-8-14(22(15)21-9)10-3-4-11-12(6-10)13(7-17)19-20-16(11)23/h2-6,8H,7,17H2,1H3,(H,20,23). The number of aryl methyl sites for hydroxylation is 1. The molecule has 23 heavy (non-hydrogen) atoms. The second-order valence-electron chi connectivity index (χ2n) is 5.35. The van der Waals surface area contributed by atoms with Crippen LogP contribution in [0.3, 0.4) is 0 Å². The molecule has 114 valence electrons. The monoisotopic (exact) mass is 306 g/mol. The Morgan fingerprint density at radius 1 is 1.22 bits per heavy atom. The minimum absolute atomic E-state index is 0.226. The molecule has 0 bridgehead atoms. The van der Waals surface area contributed by atoms with E-state index in [1.54, 1.807) is 16.8 Å². The molecule has 0 atom stereocenters. The number of rotatable bonds is 2. The van der Waals surface area contributed by atoms with Crippen LogP contribution < -0.4 is 11.3 Å². The third kappa shape index (κ3) is 2.09. The molecule has 4 aromatic rings. The van der Waals surface area contributed by atoms with Crippen LogP contribution in [0.15, 0.2) is 41.3 Å². The lowest BCUT2D eigenvalue weighted by Gasteiger charge is -2.06. The quantitative estimate of drug-likeness (QED) is 0.583. The van der Waals surface area contributed by atoms with Gasteiger partial charge in [-0.3, -0.25) is 4.79 Å². The molecule has 3 heterocycles. The highest BCUT2D eigenvalue weighted by molar-refractivity contribution is 5.88. The van der Waals surface area contributed by atoms with Crippen molar-refractivity contribution in [3.63, 3.8) is 0 Å². The third-order valence-electron chi connectivity index (χ3n) is 3.85. The number of H-pyrrole nitrogens is 1. The first-order valence-corrected chi connectivity index (χ1v) is 7.20. The molecule has 0 spiro atoms. The summed E-state index contributed by atoms with van der Waals surface area (Å²) < 4.78 is 1.79. The van der Waals surface area contributed by atoms with Gasteiger partial charge in [-0.05, 0) is 31.2 Å². The maximum Gasteiger partial charge on any atom is 0.272 e. The summed E-state index contributed by atoms with van der Waals surface area (Å²) >= 11 is 0. The summed E-state index contributed by atoms with van der Waals surface area (Å²) in [5.74, 6) is 0. The number of hydrogen-bond acceptors (Lipinski definition) is 5. The summed E-state index contributed by atoms with van der Waals surface area (Å²) in [5, 5.41) is 12.3. The van der Waals surface area contributed by atoms with E-state index >= 15 is 0 Å². The predicted molar refractivity (Wildman–Crippen MR) is 87.0 cm³/mol. The van der Waals surface area contributed by atoms with Crippen molar-refractivity contribution in [3.8, 4) is 11.3 Å². The molecule has 0 radical (unpaired) electrons. The van der Waals surface area contributed by atoms with Crippen molar-refractivity contribution in [1.29, 1.82) is 0 Å². The number of aromatic amines is 1. The van der Waals surface area contributed by atoms with Gasteiger partial charge >= 0.3 is 0 Å². The van der Waals surface area contributed by atoms with E-state index in [0.717, 1.165) is 28.0 Å². The molecule has 7 heteroatoms. The Balaban J connectivity index is 2.01. The molecule has 3 aromatic heterocycles. The van der Waals surface area contributed by atoms with Gasteiger partial charge in [0.15, 0.2) is 5.65 Å². The zero-order chi connectivity index (χ0) is 16.0. The molecule has 4 rings (SSSR count). The highest BCUT2D eigenvalue weighted by Crippen LogP contribution is 2.24. The minimum Gasteiger partial charge on any atom is -0.325 e. The normalized spacial score (nSPS) is 11.4. The first kappa shape index (κ1) is 13.6. The van der Waals surface area contributed by atoms with Crippen LogP contribution in [0.4, 0.5) is 0 Å². The number of hydrogen-bond donors (Lipinski definition) is 2. The minimum atomic E-state index is -0.226. The number of nitrogens with one attached hydrogen (secondary N) is 1. The largest absolute Gasteiger partial charge is 0.325 e. The molecule has 0 fully saturated rings. The van der Waals surface area contributed by atoms with E-state index in [1.165, 1.54) is 0 Å². The average molecular weight is 306 g/mol. The van der Waals surface area contributed by atoms with Crippen LogP contribution in [-0.2, 0) is 6.54 Å². The summed E-state index contributed by atoms with van der Waals surface area (Å²) in [6, 6.07) is 9.41. The summed E-state index contributed by atoms with van der Waals surface area (Å²) in [4.78, 5) is 16.3. The SMILES string of the molecule is Cc1ccc2ncc(-c3ccc4c(=O)[nH]nc(CN)c4c3)n2n1. The predicted octanol–water partition coefficient (Wildman–Crippen LogP) is 1.40. The summed E-state index contributed by atoms with van der Waals surface area (Å²) in [6.45, 7) is 2.18. The van der Waals surface area contributed by atoms with E-state index in [9.17, 15) is 4.79 Å². The summed E-state index contributed by atoms with van der Waals surface area (Å²) in [7, 11) is 0. The second kappa shape index (κ2) is 4.99. The van der Waals surface area contributed by atoms with Gasteiger partial charge in [0, 0.05) is 17.5 Å². The van der Waals surface area contributed by atoms with Crippen molar-refractivity contribution >= 4 is 16.4 Å². The van der Waals surface area contributed by atoms with E-state index in [-0.39, 0.29) is 12.1 Å². The van der Waals surface area contributed by atoms with Gasteiger partial charge in [0.25, 0.3) is 5.56 Å². The number of imidazole rings is 1. The van der Waals surface area contributed by atoms with Crippen molar-refractivity contribution in [2.75, 3.05) is 0 Å². The van der Waals surface area contributed by atoms with E-state index in [0.29, 0.717) is 11.1 Å². The molecule has 0 aliphatic rings. The highest BCUT2D eigenvalue weighted by atomic mass is 16.1. The highest BCUT2D eigenvalue weighted by Gasteiger charge is 2.11. The first-order chi connectivity index (χ1) is 11.2. The molecule has 0 unspecified atom stereocenters. The molecule has 0 saturated heterocycles. The van der Waals surface area contributed by atoms with E-state index < -0.39 is 0 Å². The Morgan fingerprint density at radius 3 is 2.91 bits per heavy atom. The smallest absolute Gasteiger partial charge is 0.272 e. The molecule has 0 aliphatic heterocycles. The molecular weight excluding hydrogens is 292 g/mol. The molecular formula is C16H14N6O. The van der Waals surface area contributed by atoms with Gasteiger partial charge < -0.3 is 5.73 Å². The van der Waals surface area contributed by atoms with Crippen molar-refractivity contribution in [1.82, 2.24) is 24.8 Å². The van der Waals surface area contributed by atoms with Gasteiger partial charge in [-0.15, -0.1) is 0 Å². The van der Waals surface area contributed by atoms with E-state index in [4.69, 9.17) is 5.73 Å². The Morgan fingerprint density at radius 2 is 2.09 bits per heavy atom. The van der Waals surface area contributed by atoms with Gasteiger partial charge in [0.1, 0.15) is 0 Å². The third-order valence-corrected chi connectivity index (χ3v) is 3.85. The maximum absolute atomic E-state index is 11.9. The second-order valence-corrected chi connectivity index (χ2v) is 5.35. The van der Waals surface area contributed by atoms with Crippen LogP contribution in [0.5, 0.6) is 0 Å². The number of benzene rings is 1. The van der Waals surface area contributed by atoms with Crippen molar-refractivity contribution in [2.45, 2.75) is 13.5 Å². The van der Waals surface area contributed by atoms with Gasteiger partial charge in [-0.25, -0.2) is 14.6 Å². The Labute approximate surface area is 130 Å². The van der Waals surface area contributed by atoms with Gasteiger partial charge in [-0.1, -0.05) is 6.07 Å². The van der Waals surface area contributed by atoms with Crippen LogP contribution in [0.25, 0.3) is 27.7 Å². The van der Waals surface area contributed by atoms with Crippen LogP contribution in [0.2, 0.25) is 0 Å². The summed E-state index contributed by atoms with van der Waals surface area (Å²) in [5.41, 5.74) is 9.59. The number of nitrogens with two attached hydrogens (primary N) is 1. The van der Waals surface area contributed by atoms with Crippen LogP contribution in [-0.4, -0.2) is 24.8 Å². The fraction of sp³-hybridized carbons (Fsp3) is 0.125. The zero-order valence-corrected chi connectivity index (χ0v) is 12.4. The number of fused-ring (bicyclic) bond motifs is 2. The topological polar surface area (TPSA) is 102 Å². The van der Waals surface area contributed by atoms with Crippen molar-refractivity contribution in [3.05, 3.63) is 58.3 Å². The average Bonchev–Trinajstić information content (AvgIpc) is 2.98. The van der Waals surface area contributed by atoms with Gasteiger partial charge in [-0.2, -0.15) is 10.2 Å². The maximum atomic E-state index is 11.9. The Hall–Kier alpha value is -3.06.